The van der Waals surface area contributed by atoms with E-state index in [1.807, 2.05) is 31.2 Å². The molecule has 1 aromatic heterocycles. The quantitative estimate of drug-likeness (QED) is 0.667. The van der Waals surface area contributed by atoms with Gasteiger partial charge >= 0.3 is 5.97 Å². The standard InChI is InChI=1S/C18H20N2O3S/c1-12-6-8-13(9-7-12)11-24-18-19-17(23)14-4-2-3-5-15(14)20(18)10-16(21)22/h6-9H,2-5,10-11H2,1H3,(H,21,22). The Morgan fingerprint density at radius 1 is 1.25 bits per heavy atom. The molecule has 3 rings (SSSR count). The maximum atomic E-state index is 12.3. The molecular formula is C18H20N2O3S. The molecule has 24 heavy (non-hydrogen) atoms. The number of rotatable bonds is 5. The van der Waals surface area contributed by atoms with Crippen LogP contribution in [0.15, 0.2) is 34.2 Å². The maximum Gasteiger partial charge on any atom is 0.323 e. The fourth-order valence-electron chi connectivity index (χ4n) is 2.99. The van der Waals surface area contributed by atoms with Gasteiger partial charge in [0.05, 0.1) is 0 Å². The molecule has 0 aliphatic heterocycles. The number of carboxylic acids is 1. The molecule has 1 N–H and O–H groups in total. The van der Waals surface area contributed by atoms with Crippen LogP contribution in [-0.4, -0.2) is 20.6 Å². The number of thioether (sulfide) groups is 1. The minimum Gasteiger partial charge on any atom is -0.480 e. The van der Waals surface area contributed by atoms with Crippen LogP contribution in [-0.2, 0) is 29.9 Å². The van der Waals surface area contributed by atoms with Gasteiger partial charge in [0, 0.05) is 17.0 Å². The highest BCUT2D eigenvalue weighted by Gasteiger charge is 2.21. The molecule has 1 aliphatic carbocycles. The average Bonchev–Trinajstić information content (AvgIpc) is 2.57. The third-order valence-electron chi connectivity index (χ3n) is 4.23. The molecule has 0 radical (unpaired) electrons. The summed E-state index contributed by atoms with van der Waals surface area (Å²) in [5.41, 5.74) is 3.67. The molecule has 126 valence electrons. The van der Waals surface area contributed by atoms with Crippen LogP contribution in [0.3, 0.4) is 0 Å². The van der Waals surface area contributed by atoms with Gasteiger partial charge in [-0.3, -0.25) is 9.59 Å². The maximum absolute atomic E-state index is 12.3. The Morgan fingerprint density at radius 2 is 1.96 bits per heavy atom. The van der Waals surface area contributed by atoms with Gasteiger partial charge in [0.15, 0.2) is 5.16 Å². The first kappa shape index (κ1) is 16.8. The third-order valence-corrected chi connectivity index (χ3v) is 5.28. The summed E-state index contributed by atoms with van der Waals surface area (Å²) in [6, 6.07) is 8.17. The molecule has 0 bridgehead atoms. The Bertz CT molecular complexity index is 812. The van der Waals surface area contributed by atoms with Crippen molar-refractivity contribution < 1.29 is 9.90 Å². The molecule has 0 atom stereocenters. The van der Waals surface area contributed by atoms with E-state index < -0.39 is 5.97 Å². The number of carboxylic acid groups (broad SMARTS) is 1. The Kier molecular flexibility index (Phi) is 5.04. The van der Waals surface area contributed by atoms with Crippen LogP contribution in [0.4, 0.5) is 0 Å². The number of aryl methyl sites for hydroxylation is 1. The fourth-order valence-corrected chi connectivity index (χ4v) is 3.95. The minimum absolute atomic E-state index is 0.147. The molecule has 0 saturated carbocycles. The molecule has 1 aromatic carbocycles. The van der Waals surface area contributed by atoms with Crippen LogP contribution in [0.5, 0.6) is 0 Å². The first-order chi connectivity index (χ1) is 11.5. The van der Waals surface area contributed by atoms with E-state index in [2.05, 4.69) is 4.98 Å². The zero-order valence-corrected chi connectivity index (χ0v) is 14.4. The zero-order valence-electron chi connectivity index (χ0n) is 13.6. The van der Waals surface area contributed by atoms with E-state index in [-0.39, 0.29) is 12.1 Å². The van der Waals surface area contributed by atoms with Gasteiger partial charge in [-0.25, -0.2) is 0 Å². The smallest absolute Gasteiger partial charge is 0.323 e. The summed E-state index contributed by atoms with van der Waals surface area (Å²) in [7, 11) is 0. The van der Waals surface area contributed by atoms with Crippen LogP contribution < -0.4 is 5.56 Å². The minimum atomic E-state index is -0.912. The summed E-state index contributed by atoms with van der Waals surface area (Å²) in [6.45, 7) is 1.89. The van der Waals surface area contributed by atoms with E-state index in [1.54, 1.807) is 4.57 Å². The molecule has 0 unspecified atom stereocenters. The first-order valence-electron chi connectivity index (χ1n) is 8.07. The summed E-state index contributed by atoms with van der Waals surface area (Å²) in [5.74, 6) is -0.254. The van der Waals surface area contributed by atoms with Crippen LogP contribution in [0.2, 0.25) is 0 Å². The molecular weight excluding hydrogens is 324 g/mol. The largest absolute Gasteiger partial charge is 0.480 e. The van der Waals surface area contributed by atoms with Crippen molar-refractivity contribution in [1.82, 2.24) is 9.55 Å². The lowest BCUT2D eigenvalue weighted by Crippen LogP contribution is -2.28. The molecule has 0 amide bonds. The average molecular weight is 344 g/mol. The molecule has 1 aliphatic rings. The van der Waals surface area contributed by atoms with Gasteiger partial charge in [0.2, 0.25) is 0 Å². The van der Waals surface area contributed by atoms with Crippen molar-refractivity contribution in [3.05, 3.63) is 57.0 Å². The van der Waals surface area contributed by atoms with E-state index in [0.717, 1.165) is 30.5 Å². The lowest BCUT2D eigenvalue weighted by Gasteiger charge is -2.22. The number of carbonyl (C=O) groups is 1. The number of hydrogen-bond donors (Lipinski definition) is 1. The van der Waals surface area contributed by atoms with Crippen molar-refractivity contribution >= 4 is 17.7 Å². The van der Waals surface area contributed by atoms with Gasteiger partial charge in [-0.15, -0.1) is 0 Å². The van der Waals surface area contributed by atoms with E-state index in [0.29, 0.717) is 22.9 Å². The second kappa shape index (κ2) is 7.21. The van der Waals surface area contributed by atoms with Gasteiger partial charge < -0.3 is 9.67 Å². The van der Waals surface area contributed by atoms with Gasteiger partial charge in [-0.2, -0.15) is 4.98 Å². The molecule has 1 heterocycles. The van der Waals surface area contributed by atoms with Gasteiger partial charge in [0.25, 0.3) is 5.56 Å². The lowest BCUT2D eigenvalue weighted by molar-refractivity contribution is -0.137. The molecule has 0 spiro atoms. The van der Waals surface area contributed by atoms with Crippen molar-refractivity contribution in [3.63, 3.8) is 0 Å². The number of nitrogens with zero attached hydrogens (tertiary/aromatic N) is 2. The molecule has 5 nitrogen and oxygen atoms in total. The predicted molar refractivity (Wildman–Crippen MR) is 93.5 cm³/mol. The Balaban J connectivity index is 1.93. The number of aliphatic carboxylic acids is 1. The summed E-state index contributed by atoms with van der Waals surface area (Å²) in [4.78, 5) is 27.7. The topological polar surface area (TPSA) is 72.2 Å². The van der Waals surface area contributed by atoms with Gasteiger partial charge in [-0.05, 0) is 38.2 Å². The summed E-state index contributed by atoms with van der Waals surface area (Å²) in [6.07, 6.45) is 3.40. The SMILES string of the molecule is Cc1ccc(CSc2nc(=O)c3c(n2CC(=O)O)CCCC3)cc1. The van der Waals surface area contributed by atoms with E-state index >= 15 is 0 Å². The third kappa shape index (κ3) is 3.70. The van der Waals surface area contributed by atoms with E-state index in [9.17, 15) is 14.7 Å². The van der Waals surface area contributed by atoms with Crippen molar-refractivity contribution in [3.8, 4) is 0 Å². The number of aromatic nitrogens is 2. The highest BCUT2D eigenvalue weighted by Crippen LogP contribution is 2.25. The van der Waals surface area contributed by atoms with Crippen molar-refractivity contribution in [1.29, 1.82) is 0 Å². The van der Waals surface area contributed by atoms with Crippen molar-refractivity contribution in [2.45, 2.75) is 50.1 Å². The van der Waals surface area contributed by atoms with Crippen LogP contribution in [0, 0.1) is 6.92 Å². The van der Waals surface area contributed by atoms with E-state index in [4.69, 9.17) is 0 Å². The summed E-state index contributed by atoms with van der Waals surface area (Å²) in [5, 5.41) is 9.75. The first-order valence-corrected chi connectivity index (χ1v) is 9.06. The number of hydrogen-bond acceptors (Lipinski definition) is 4. The van der Waals surface area contributed by atoms with Crippen molar-refractivity contribution in [2.24, 2.45) is 0 Å². The molecule has 6 heteroatoms. The van der Waals surface area contributed by atoms with Crippen LogP contribution in [0.25, 0.3) is 0 Å². The summed E-state index contributed by atoms with van der Waals surface area (Å²) < 4.78 is 1.72. The predicted octanol–water partition coefficient (Wildman–Crippen LogP) is 2.81. The second-order valence-corrected chi connectivity index (χ2v) is 7.03. The monoisotopic (exact) mass is 344 g/mol. The summed E-state index contributed by atoms with van der Waals surface area (Å²) >= 11 is 1.42. The highest BCUT2D eigenvalue weighted by atomic mass is 32.2. The zero-order chi connectivity index (χ0) is 17.1. The van der Waals surface area contributed by atoms with Crippen LogP contribution in [0.1, 0.15) is 35.2 Å². The van der Waals surface area contributed by atoms with E-state index in [1.165, 1.54) is 17.3 Å². The Hall–Kier alpha value is -2.08. The Labute approximate surface area is 144 Å². The van der Waals surface area contributed by atoms with Crippen LogP contribution >= 0.6 is 11.8 Å². The Morgan fingerprint density at radius 3 is 2.67 bits per heavy atom. The molecule has 2 aromatic rings. The highest BCUT2D eigenvalue weighted by molar-refractivity contribution is 7.98. The van der Waals surface area contributed by atoms with Gasteiger partial charge in [-0.1, -0.05) is 41.6 Å². The molecule has 0 fully saturated rings. The van der Waals surface area contributed by atoms with Crippen molar-refractivity contribution in [2.75, 3.05) is 0 Å². The lowest BCUT2D eigenvalue weighted by atomic mass is 9.97. The second-order valence-electron chi connectivity index (χ2n) is 6.09. The van der Waals surface area contributed by atoms with Gasteiger partial charge in [0.1, 0.15) is 6.54 Å². The normalized spacial score (nSPS) is 13.5. The number of benzene rings is 1. The number of fused-ring (bicyclic) bond motifs is 1. The molecule has 0 saturated heterocycles. The fraction of sp³-hybridized carbons (Fsp3) is 0.389.